The third kappa shape index (κ3) is 6.76. The SMILES string of the molecule is CCCCCCC(C)SCl. The lowest BCUT2D eigenvalue weighted by atomic mass is 10.1. The van der Waals surface area contributed by atoms with Crippen LogP contribution in [-0.2, 0) is 0 Å². The van der Waals surface area contributed by atoms with Crippen LogP contribution in [0.4, 0.5) is 0 Å². The molecule has 0 saturated carbocycles. The van der Waals surface area contributed by atoms with Gasteiger partial charge in [-0.25, -0.2) is 0 Å². The molecule has 0 aromatic rings. The van der Waals surface area contributed by atoms with Crippen molar-refractivity contribution in [2.24, 2.45) is 0 Å². The van der Waals surface area contributed by atoms with E-state index in [9.17, 15) is 0 Å². The summed E-state index contributed by atoms with van der Waals surface area (Å²) in [5.41, 5.74) is 0. The topological polar surface area (TPSA) is 0 Å². The molecule has 0 N–H and O–H groups in total. The van der Waals surface area contributed by atoms with Gasteiger partial charge in [-0.3, -0.25) is 0 Å². The van der Waals surface area contributed by atoms with Gasteiger partial charge < -0.3 is 0 Å². The van der Waals surface area contributed by atoms with Crippen molar-refractivity contribution in [3.05, 3.63) is 0 Å². The predicted octanol–water partition coefficient (Wildman–Crippen LogP) is 4.23. The van der Waals surface area contributed by atoms with Crippen LogP contribution >= 0.6 is 21.7 Å². The van der Waals surface area contributed by atoms with Gasteiger partial charge in [0, 0.05) is 5.25 Å². The van der Waals surface area contributed by atoms with E-state index in [0.29, 0.717) is 5.25 Å². The number of hydrogen-bond donors (Lipinski definition) is 0. The molecule has 0 radical (unpaired) electrons. The van der Waals surface area contributed by atoms with E-state index in [1.807, 2.05) is 0 Å². The highest BCUT2D eigenvalue weighted by Crippen LogP contribution is 2.20. The molecule has 62 valence electrons. The van der Waals surface area contributed by atoms with E-state index >= 15 is 0 Å². The summed E-state index contributed by atoms with van der Waals surface area (Å²) in [6.45, 7) is 4.42. The van der Waals surface area contributed by atoms with E-state index < -0.39 is 0 Å². The summed E-state index contributed by atoms with van der Waals surface area (Å²) in [6, 6.07) is 0. The first kappa shape index (κ1) is 10.6. The fraction of sp³-hybridized carbons (Fsp3) is 1.00. The maximum absolute atomic E-state index is 5.58. The molecule has 10 heavy (non-hydrogen) atoms. The zero-order valence-electron chi connectivity index (χ0n) is 6.90. The second-order valence-electron chi connectivity index (χ2n) is 2.75. The lowest BCUT2D eigenvalue weighted by Gasteiger charge is -2.04. The Morgan fingerprint density at radius 1 is 1.30 bits per heavy atom. The summed E-state index contributed by atoms with van der Waals surface area (Å²) >= 11 is 0. The fourth-order valence-electron chi connectivity index (χ4n) is 0.903. The molecule has 0 aliphatic carbocycles. The molecule has 0 aliphatic heterocycles. The van der Waals surface area contributed by atoms with E-state index in [2.05, 4.69) is 13.8 Å². The van der Waals surface area contributed by atoms with Crippen molar-refractivity contribution in [2.45, 2.75) is 51.2 Å². The highest BCUT2D eigenvalue weighted by atomic mass is 35.7. The standard InChI is InChI=1S/C8H17ClS/c1-3-4-5-6-7-8(2)10-9/h8H,3-7H2,1-2H3. The third-order valence-corrected chi connectivity index (χ3v) is 3.07. The lowest BCUT2D eigenvalue weighted by molar-refractivity contribution is 0.631. The van der Waals surface area contributed by atoms with Gasteiger partial charge in [-0.15, -0.1) is 0 Å². The van der Waals surface area contributed by atoms with E-state index in [4.69, 9.17) is 10.7 Å². The van der Waals surface area contributed by atoms with Crippen molar-refractivity contribution in [3.8, 4) is 0 Å². The summed E-state index contributed by atoms with van der Waals surface area (Å²) in [7, 11) is 7.04. The van der Waals surface area contributed by atoms with Gasteiger partial charge in [0.1, 0.15) is 0 Å². The van der Waals surface area contributed by atoms with Gasteiger partial charge in [0.05, 0.1) is 0 Å². The molecule has 0 amide bonds. The van der Waals surface area contributed by atoms with Crippen molar-refractivity contribution < 1.29 is 0 Å². The van der Waals surface area contributed by atoms with Crippen molar-refractivity contribution in [1.29, 1.82) is 0 Å². The van der Waals surface area contributed by atoms with Gasteiger partial charge in [0.25, 0.3) is 0 Å². The van der Waals surface area contributed by atoms with Crippen molar-refractivity contribution >= 4 is 21.7 Å². The molecule has 0 aromatic carbocycles. The van der Waals surface area contributed by atoms with Gasteiger partial charge in [0.2, 0.25) is 0 Å². The zero-order valence-corrected chi connectivity index (χ0v) is 8.47. The molecule has 2 heteroatoms. The first-order valence-electron chi connectivity index (χ1n) is 4.08. The molecule has 1 unspecified atom stereocenters. The van der Waals surface area contributed by atoms with Gasteiger partial charge in [0.15, 0.2) is 0 Å². The Balaban J connectivity index is 2.89. The number of halogens is 1. The van der Waals surface area contributed by atoms with E-state index in [0.717, 1.165) is 0 Å². The largest absolute Gasteiger partial charge is 0.0654 e. The fourth-order valence-corrected chi connectivity index (χ4v) is 1.43. The van der Waals surface area contributed by atoms with Crippen LogP contribution in [0.25, 0.3) is 0 Å². The average Bonchev–Trinajstić information content (AvgIpc) is 1.98. The minimum atomic E-state index is 0.638. The average molecular weight is 181 g/mol. The van der Waals surface area contributed by atoms with Crippen molar-refractivity contribution in [2.75, 3.05) is 0 Å². The third-order valence-electron chi connectivity index (χ3n) is 1.62. The van der Waals surface area contributed by atoms with Crippen LogP contribution in [0.2, 0.25) is 0 Å². The van der Waals surface area contributed by atoms with E-state index in [1.54, 1.807) is 0 Å². The lowest BCUT2D eigenvalue weighted by Crippen LogP contribution is -1.91. The van der Waals surface area contributed by atoms with Crippen LogP contribution in [0.5, 0.6) is 0 Å². The molecule has 0 rings (SSSR count). The summed E-state index contributed by atoms with van der Waals surface area (Å²) < 4.78 is 0. The highest BCUT2D eigenvalue weighted by Gasteiger charge is 1.98. The van der Waals surface area contributed by atoms with Gasteiger partial charge in [-0.05, 0) is 17.1 Å². The molecule has 1 atom stereocenters. The molecular formula is C8H17ClS. The molecule has 0 nitrogen and oxygen atoms in total. The Morgan fingerprint density at radius 2 is 2.00 bits per heavy atom. The van der Waals surface area contributed by atoms with Crippen LogP contribution in [0, 0.1) is 0 Å². The molecule has 0 saturated heterocycles. The minimum Gasteiger partial charge on any atom is -0.0654 e. The normalized spacial score (nSPS) is 13.5. The molecule has 0 bridgehead atoms. The quantitative estimate of drug-likeness (QED) is 0.552. The number of unbranched alkanes of at least 4 members (excludes halogenated alkanes) is 3. The zero-order chi connectivity index (χ0) is 7.82. The number of rotatable bonds is 6. The summed E-state index contributed by atoms with van der Waals surface area (Å²) in [5, 5.41) is 0.638. The van der Waals surface area contributed by atoms with Gasteiger partial charge in [-0.2, -0.15) is 0 Å². The van der Waals surface area contributed by atoms with Crippen LogP contribution < -0.4 is 0 Å². The Morgan fingerprint density at radius 3 is 2.50 bits per heavy atom. The van der Waals surface area contributed by atoms with Crippen LogP contribution in [-0.4, -0.2) is 5.25 Å². The molecule has 0 aromatic heterocycles. The summed E-state index contributed by atoms with van der Waals surface area (Å²) in [6.07, 6.45) is 6.68. The van der Waals surface area contributed by atoms with Crippen LogP contribution in [0.15, 0.2) is 0 Å². The van der Waals surface area contributed by atoms with Gasteiger partial charge in [-0.1, -0.05) is 50.5 Å². The Labute approximate surface area is 73.2 Å². The molecule has 0 heterocycles. The highest BCUT2D eigenvalue weighted by molar-refractivity contribution is 8.21. The Hall–Kier alpha value is 0.640. The van der Waals surface area contributed by atoms with Gasteiger partial charge >= 0.3 is 0 Å². The summed E-state index contributed by atoms with van der Waals surface area (Å²) in [4.78, 5) is 0. The van der Waals surface area contributed by atoms with E-state index in [1.165, 1.54) is 43.1 Å². The molecular weight excluding hydrogens is 164 g/mol. The second kappa shape index (κ2) is 7.74. The maximum Gasteiger partial charge on any atom is 0.0171 e. The Kier molecular flexibility index (Phi) is 8.24. The molecule has 0 spiro atoms. The predicted molar refractivity (Wildman–Crippen MR) is 51.7 cm³/mol. The maximum atomic E-state index is 5.58. The van der Waals surface area contributed by atoms with E-state index in [-0.39, 0.29) is 0 Å². The number of hydrogen-bond acceptors (Lipinski definition) is 1. The summed E-state index contributed by atoms with van der Waals surface area (Å²) in [5.74, 6) is 0. The molecule has 0 aliphatic rings. The minimum absolute atomic E-state index is 0.638. The second-order valence-corrected chi connectivity index (χ2v) is 4.27. The first-order valence-corrected chi connectivity index (χ1v) is 5.79. The van der Waals surface area contributed by atoms with Crippen LogP contribution in [0.3, 0.4) is 0 Å². The monoisotopic (exact) mass is 180 g/mol. The smallest absolute Gasteiger partial charge is 0.0171 e. The van der Waals surface area contributed by atoms with Crippen molar-refractivity contribution in [1.82, 2.24) is 0 Å². The van der Waals surface area contributed by atoms with Crippen LogP contribution in [0.1, 0.15) is 46.0 Å². The Bertz CT molecular complexity index is 66.3. The first-order chi connectivity index (χ1) is 4.81. The van der Waals surface area contributed by atoms with Crippen molar-refractivity contribution in [3.63, 3.8) is 0 Å². The molecule has 0 fully saturated rings.